The van der Waals surface area contributed by atoms with Gasteiger partial charge >= 0.3 is 0 Å². The molecule has 1 aromatic heterocycles. The standard InChI is InChI=1S/C6H10N2OS/c9-2-1-3-10-6-4-7-5-8-6/h4-5,9H,1-3H2,(H,7,8). The first-order chi connectivity index (χ1) is 4.93. The Morgan fingerprint density at radius 3 is 3.20 bits per heavy atom. The molecule has 0 radical (unpaired) electrons. The molecule has 0 atom stereocenters. The van der Waals surface area contributed by atoms with Gasteiger partial charge in [-0.15, -0.1) is 11.8 Å². The third kappa shape index (κ3) is 2.41. The van der Waals surface area contributed by atoms with Gasteiger partial charge in [-0.1, -0.05) is 0 Å². The second kappa shape index (κ2) is 4.35. The monoisotopic (exact) mass is 158 g/mol. The molecule has 4 heteroatoms. The van der Waals surface area contributed by atoms with Crippen molar-refractivity contribution in [2.24, 2.45) is 0 Å². The number of nitrogens with zero attached hydrogens (tertiary/aromatic N) is 1. The van der Waals surface area contributed by atoms with E-state index in [0.29, 0.717) is 0 Å². The minimum absolute atomic E-state index is 0.261. The molecule has 0 unspecified atom stereocenters. The van der Waals surface area contributed by atoms with Gasteiger partial charge in [-0.25, -0.2) is 4.98 Å². The van der Waals surface area contributed by atoms with Gasteiger partial charge in [-0.05, 0) is 6.42 Å². The van der Waals surface area contributed by atoms with Crippen LogP contribution >= 0.6 is 11.8 Å². The van der Waals surface area contributed by atoms with Crippen molar-refractivity contribution in [3.63, 3.8) is 0 Å². The van der Waals surface area contributed by atoms with E-state index < -0.39 is 0 Å². The van der Waals surface area contributed by atoms with Crippen molar-refractivity contribution in [1.29, 1.82) is 0 Å². The smallest absolute Gasteiger partial charge is 0.114 e. The van der Waals surface area contributed by atoms with Gasteiger partial charge in [-0.3, -0.25) is 0 Å². The van der Waals surface area contributed by atoms with E-state index in [4.69, 9.17) is 5.11 Å². The first-order valence-electron chi connectivity index (χ1n) is 3.16. The van der Waals surface area contributed by atoms with Gasteiger partial charge in [0, 0.05) is 18.6 Å². The summed E-state index contributed by atoms with van der Waals surface area (Å²) < 4.78 is 0. The van der Waals surface area contributed by atoms with Crippen LogP contribution in [0.15, 0.2) is 17.6 Å². The van der Waals surface area contributed by atoms with Gasteiger partial charge in [0.15, 0.2) is 0 Å². The Kier molecular flexibility index (Phi) is 3.32. The quantitative estimate of drug-likeness (QED) is 0.505. The van der Waals surface area contributed by atoms with Crippen molar-refractivity contribution >= 4 is 11.8 Å². The molecule has 0 saturated heterocycles. The van der Waals surface area contributed by atoms with E-state index in [9.17, 15) is 0 Å². The topological polar surface area (TPSA) is 48.9 Å². The number of aromatic nitrogens is 2. The summed E-state index contributed by atoms with van der Waals surface area (Å²) >= 11 is 1.65. The van der Waals surface area contributed by atoms with Crippen LogP contribution in [0.3, 0.4) is 0 Å². The highest BCUT2D eigenvalue weighted by molar-refractivity contribution is 7.99. The first-order valence-corrected chi connectivity index (χ1v) is 4.14. The SMILES string of the molecule is OCCCSc1c[nH]cn1. The number of hydrogen-bond donors (Lipinski definition) is 2. The fourth-order valence-corrected chi connectivity index (χ4v) is 1.33. The summed E-state index contributed by atoms with van der Waals surface area (Å²) in [5.41, 5.74) is 0. The summed E-state index contributed by atoms with van der Waals surface area (Å²) in [4.78, 5) is 6.88. The Hall–Kier alpha value is -0.480. The second-order valence-corrected chi connectivity index (χ2v) is 2.95. The Bertz CT molecular complexity index is 164. The van der Waals surface area contributed by atoms with Gasteiger partial charge in [-0.2, -0.15) is 0 Å². The molecule has 0 aliphatic rings. The number of imidazole rings is 1. The summed E-state index contributed by atoms with van der Waals surface area (Å²) in [6.45, 7) is 0.261. The Balaban J connectivity index is 2.15. The molecule has 1 heterocycles. The minimum Gasteiger partial charge on any atom is -0.396 e. The van der Waals surface area contributed by atoms with E-state index in [-0.39, 0.29) is 6.61 Å². The van der Waals surface area contributed by atoms with Crippen molar-refractivity contribution in [2.75, 3.05) is 12.4 Å². The highest BCUT2D eigenvalue weighted by Crippen LogP contribution is 2.13. The van der Waals surface area contributed by atoms with Crippen LogP contribution in [-0.2, 0) is 0 Å². The number of rotatable bonds is 4. The molecule has 56 valence electrons. The summed E-state index contributed by atoms with van der Waals surface area (Å²) in [5, 5.41) is 9.45. The molecule has 0 saturated carbocycles. The Morgan fingerprint density at radius 1 is 1.70 bits per heavy atom. The third-order valence-electron chi connectivity index (χ3n) is 1.03. The average molecular weight is 158 g/mol. The molecule has 0 fully saturated rings. The lowest BCUT2D eigenvalue weighted by atomic mass is 10.5. The predicted molar refractivity (Wildman–Crippen MR) is 41.0 cm³/mol. The van der Waals surface area contributed by atoms with Crippen LogP contribution in [0, 0.1) is 0 Å². The molecule has 0 spiro atoms. The van der Waals surface area contributed by atoms with Crippen LogP contribution in [0.2, 0.25) is 0 Å². The van der Waals surface area contributed by atoms with Crippen molar-refractivity contribution in [3.8, 4) is 0 Å². The molecule has 10 heavy (non-hydrogen) atoms. The number of hydrogen-bond acceptors (Lipinski definition) is 3. The fourth-order valence-electron chi connectivity index (χ4n) is 0.567. The van der Waals surface area contributed by atoms with E-state index in [0.717, 1.165) is 17.2 Å². The molecule has 3 nitrogen and oxygen atoms in total. The zero-order chi connectivity index (χ0) is 7.23. The summed E-state index contributed by atoms with van der Waals surface area (Å²) in [7, 11) is 0. The molecule has 0 aromatic carbocycles. The zero-order valence-electron chi connectivity index (χ0n) is 5.58. The normalized spacial score (nSPS) is 10.1. The largest absolute Gasteiger partial charge is 0.396 e. The highest BCUT2D eigenvalue weighted by atomic mass is 32.2. The van der Waals surface area contributed by atoms with Crippen molar-refractivity contribution in [1.82, 2.24) is 9.97 Å². The summed E-state index contributed by atoms with van der Waals surface area (Å²) in [6, 6.07) is 0. The molecule has 0 aliphatic carbocycles. The first kappa shape index (κ1) is 7.63. The van der Waals surface area contributed by atoms with Gasteiger partial charge < -0.3 is 10.1 Å². The number of thioether (sulfide) groups is 1. The van der Waals surface area contributed by atoms with Crippen LogP contribution < -0.4 is 0 Å². The molecule has 2 N–H and O–H groups in total. The lowest BCUT2D eigenvalue weighted by molar-refractivity contribution is 0.296. The van der Waals surface area contributed by atoms with Crippen molar-refractivity contribution in [2.45, 2.75) is 11.4 Å². The lowest BCUT2D eigenvalue weighted by Gasteiger charge is -1.92. The molecular weight excluding hydrogens is 148 g/mol. The average Bonchev–Trinajstić information content (AvgIpc) is 2.41. The Morgan fingerprint density at radius 2 is 2.60 bits per heavy atom. The van der Waals surface area contributed by atoms with Crippen LogP contribution in [0.25, 0.3) is 0 Å². The molecule has 0 amide bonds. The second-order valence-electron chi connectivity index (χ2n) is 1.83. The van der Waals surface area contributed by atoms with Crippen LogP contribution in [0.1, 0.15) is 6.42 Å². The molecular formula is C6H10N2OS. The summed E-state index contributed by atoms with van der Waals surface area (Å²) in [6.07, 6.45) is 4.33. The highest BCUT2D eigenvalue weighted by Gasteiger charge is 1.92. The third-order valence-corrected chi connectivity index (χ3v) is 2.04. The van der Waals surface area contributed by atoms with Crippen molar-refractivity contribution < 1.29 is 5.11 Å². The number of aliphatic hydroxyl groups excluding tert-OH is 1. The van der Waals surface area contributed by atoms with Crippen LogP contribution in [0.4, 0.5) is 0 Å². The van der Waals surface area contributed by atoms with E-state index in [2.05, 4.69) is 9.97 Å². The summed E-state index contributed by atoms with van der Waals surface area (Å²) in [5.74, 6) is 0.932. The minimum atomic E-state index is 0.261. The fraction of sp³-hybridized carbons (Fsp3) is 0.500. The maximum Gasteiger partial charge on any atom is 0.114 e. The maximum atomic E-state index is 8.45. The maximum absolute atomic E-state index is 8.45. The number of aliphatic hydroxyl groups is 1. The van der Waals surface area contributed by atoms with Crippen molar-refractivity contribution in [3.05, 3.63) is 12.5 Å². The van der Waals surface area contributed by atoms with Crippen LogP contribution in [0.5, 0.6) is 0 Å². The van der Waals surface area contributed by atoms with Gasteiger partial charge in [0.25, 0.3) is 0 Å². The lowest BCUT2D eigenvalue weighted by Crippen LogP contribution is -1.84. The molecule has 1 aromatic rings. The van der Waals surface area contributed by atoms with E-state index >= 15 is 0 Å². The van der Waals surface area contributed by atoms with E-state index in [1.165, 1.54) is 0 Å². The number of H-pyrrole nitrogens is 1. The number of aromatic amines is 1. The Labute approximate surface area is 63.9 Å². The van der Waals surface area contributed by atoms with Gasteiger partial charge in [0.05, 0.1) is 6.33 Å². The molecule has 1 rings (SSSR count). The van der Waals surface area contributed by atoms with E-state index in [1.807, 2.05) is 6.20 Å². The van der Waals surface area contributed by atoms with E-state index in [1.54, 1.807) is 18.1 Å². The number of nitrogens with one attached hydrogen (secondary N) is 1. The molecule has 0 bridgehead atoms. The molecule has 0 aliphatic heterocycles. The zero-order valence-corrected chi connectivity index (χ0v) is 6.40. The van der Waals surface area contributed by atoms with Crippen LogP contribution in [-0.4, -0.2) is 27.4 Å². The predicted octanol–water partition coefficient (Wildman–Crippen LogP) is 0.884. The van der Waals surface area contributed by atoms with Gasteiger partial charge in [0.2, 0.25) is 0 Å². The van der Waals surface area contributed by atoms with Gasteiger partial charge in [0.1, 0.15) is 5.03 Å².